The Labute approximate surface area is 152 Å². The van der Waals surface area contributed by atoms with E-state index in [1.54, 1.807) is 36.4 Å². The number of benzene rings is 2. The molecule has 0 unspecified atom stereocenters. The number of carbonyl (C=O) groups is 2. The Morgan fingerprint density at radius 3 is 2.65 bits per heavy atom. The van der Waals surface area contributed by atoms with Crippen molar-refractivity contribution in [2.45, 2.75) is 12.1 Å². The van der Waals surface area contributed by atoms with Crippen LogP contribution < -0.4 is 5.32 Å². The smallest absolute Gasteiger partial charge is 0.234 e. The molecule has 3 rings (SSSR count). The Bertz CT molecular complexity index is 942. The third-order valence-corrected chi connectivity index (χ3v) is 4.32. The minimum atomic E-state index is -0.402. The maximum atomic E-state index is 13.4. The van der Waals surface area contributed by atoms with Crippen molar-refractivity contribution in [3.63, 3.8) is 0 Å². The topological polar surface area (TPSA) is 89.8 Å². The van der Waals surface area contributed by atoms with Gasteiger partial charge in [0, 0.05) is 11.3 Å². The van der Waals surface area contributed by atoms with E-state index in [0.29, 0.717) is 22.1 Å². The minimum Gasteiger partial charge on any atom is -0.325 e. The first-order chi connectivity index (χ1) is 12.5. The van der Waals surface area contributed by atoms with Gasteiger partial charge in [-0.15, -0.1) is 5.10 Å². The standard InChI is InChI=1S/C17H14FN5O2S/c1-11(24)12-5-7-14(8-6-12)19-16(25)10-26-17-20-21-22-23(17)15-4-2-3-13(18)9-15/h2-9H,10H2,1H3,(H,19,25). The zero-order chi connectivity index (χ0) is 18.5. The van der Waals surface area contributed by atoms with Crippen molar-refractivity contribution >= 4 is 29.1 Å². The number of ketones is 1. The van der Waals surface area contributed by atoms with Crippen LogP contribution in [0.2, 0.25) is 0 Å². The number of amides is 1. The van der Waals surface area contributed by atoms with Crippen LogP contribution in [-0.2, 0) is 4.79 Å². The van der Waals surface area contributed by atoms with Gasteiger partial charge in [-0.2, -0.15) is 4.68 Å². The summed E-state index contributed by atoms with van der Waals surface area (Å²) < 4.78 is 14.7. The number of nitrogens with one attached hydrogen (secondary N) is 1. The second-order valence-corrected chi connectivity index (χ2v) is 6.27. The first kappa shape index (κ1) is 17.7. The summed E-state index contributed by atoms with van der Waals surface area (Å²) in [6.45, 7) is 1.48. The summed E-state index contributed by atoms with van der Waals surface area (Å²) in [7, 11) is 0. The quantitative estimate of drug-likeness (QED) is 0.529. The molecule has 0 aliphatic carbocycles. The fourth-order valence-corrected chi connectivity index (χ4v) is 2.85. The molecule has 0 aliphatic heterocycles. The van der Waals surface area contributed by atoms with Crippen LogP contribution in [0.1, 0.15) is 17.3 Å². The monoisotopic (exact) mass is 371 g/mol. The van der Waals surface area contributed by atoms with Gasteiger partial charge in [0.1, 0.15) is 5.82 Å². The molecule has 1 aromatic heterocycles. The third kappa shape index (κ3) is 4.31. The maximum Gasteiger partial charge on any atom is 0.234 e. The molecule has 0 radical (unpaired) electrons. The third-order valence-electron chi connectivity index (χ3n) is 3.40. The van der Waals surface area contributed by atoms with Crippen molar-refractivity contribution < 1.29 is 14.0 Å². The second-order valence-electron chi connectivity index (χ2n) is 5.32. The molecule has 3 aromatic rings. The van der Waals surface area contributed by atoms with Crippen molar-refractivity contribution in [3.8, 4) is 5.69 Å². The van der Waals surface area contributed by atoms with Crippen LogP contribution in [0.3, 0.4) is 0 Å². The summed E-state index contributed by atoms with van der Waals surface area (Å²) in [4.78, 5) is 23.3. The van der Waals surface area contributed by atoms with E-state index in [1.807, 2.05) is 0 Å². The van der Waals surface area contributed by atoms with Crippen LogP contribution in [0.5, 0.6) is 0 Å². The van der Waals surface area contributed by atoms with E-state index < -0.39 is 5.82 Å². The number of carbonyl (C=O) groups excluding carboxylic acids is 2. The number of hydrogen-bond acceptors (Lipinski definition) is 6. The van der Waals surface area contributed by atoms with Gasteiger partial charge in [-0.1, -0.05) is 17.8 Å². The highest BCUT2D eigenvalue weighted by molar-refractivity contribution is 7.99. The molecule has 0 atom stereocenters. The average molecular weight is 371 g/mol. The zero-order valence-electron chi connectivity index (χ0n) is 13.7. The van der Waals surface area contributed by atoms with Crippen LogP contribution in [0.15, 0.2) is 53.7 Å². The SMILES string of the molecule is CC(=O)c1ccc(NC(=O)CSc2nnnn2-c2cccc(F)c2)cc1. The van der Waals surface area contributed by atoms with E-state index >= 15 is 0 Å². The number of anilines is 1. The Morgan fingerprint density at radius 1 is 1.19 bits per heavy atom. The maximum absolute atomic E-state index is 13.4. The number of Topliss-reactive ketones (excluding diaryl/α,β-unsaturated/α-hetero) is 1. The molecule has 1 amide bonds. The van der Waals surface area contributed by atoms with Crippen LogP contribution in [0.4, 0.5) is 10.1 Å². The first-order valence-electron chi connectivity index (χ1n) is 7.61. The van der Waals surface area contributed by atoms with E-state index in [0.717, 1.165) is 11.8 Å². The zero-order valence-corrected chi connectivity index (χ0v) is 14.5. The predicted octanol–water partition coefficient (Wildman–Crippen LogP) is 2.73. The molecule has 0 fully saturated rings. The lowest BCUT2D eigenvalue weighted by molar-refractivity contribution is -0.113. The summed E-state index contributed by atoms with van der Waals surface area (Å²) in [5.74, 6) is -0.618. The highest BCUT2D eigenvalue weighted by Gasteiger charge is 2.12. The minimum absolute atomic E-state index is 0.0392. The molecular formula is C17H14FN5O2S. The largest absolute Gasteiger partial charge is 0.325 e. The van der Waals surface area contributed by atoms with Gasteiger partial charge < -0.3 is 5.32 Å². The molecule has 7 nitrogen and oxygen atoms in total. The van der Waals surface area contributed by atoms with Gasteiger partial charge in [0.15, 0.2) is 5.78 Å². The Morgan fingerprint density at radius 2 is 1.96 bits per heavy atom. The number of aromatic nitrogens is 4. The molecule has 2 aromatic carbocycles. The lowest BCUT2D eigenvalue weighted by atomic mass is 10.1. The Kier molecular flexibility index (Phi) is 5.37. The van der Waals surface area contributed by atoms with Crippen LogP contribution in [0, 0.1) is 5.82 Å². The average Bonchev–Trinajstić information content (AvgIpc) is 3.09. The molecule has 132 valence electrons. The van der Waals surface area contributed by atoms with E-state index in [4.69, 9.17) is 0 Å². The molecule has 0 saturated heterocycles. The molecule has 1 N–H and O–H groups in total. The number of tetrazole rings is 1. The van der Waals surface area contributed by atoms with Gasteiger partial charge in [0.2, 0.25) is 11.1 Å². The Balaban J connectivity index is 1.62. The molecule has 26 heavy (non-hydrogen) atoms. The van der Waals surface area contributed by atoms with Crippen molar-refractivity contribution in [1.29, 1.82) is 0 Å². The number of hydrogen-bond donors (Lipinski definition) is 1. The van der Waals surface area contributed by atoms with Gasteiger partial charge >= 0.3 is 0 Å². The summed E-state index contributed by atoms with van der Waals surface area (Å²) >= 11 is 1.13. The number of nitrogens with zero attached hydrogens (tertiary/aromatic N) is 4. The van der Waals surface area contributed by atoms with Crippen molar-refractivity contribution in [2.24, 2.45) is 0 Å². The van der Waals surface area contributed by atoms with E-state index in [1.165, 1.54) is 23.7 Å². The lowest BCUT2D eigenvalue weighted by Gasteiger charge is -2.06. The number of halogens is 1. The van der Waals surface area contributed by atoms with Crippen molar-refractivity contribution in [3.05, 3.63) is 59.9 Å². The van der Waals surface area contributed by atoms with Gasteiger partial charge in [-0.05, 0) is 59.8 Å². The molecule has 0 aliphatic rings. The normalized spacial score (nSPS) is 10.5. The molecule has 0 saturated carbocycles. The summed E-state index contributed by atoms with van der Waals surface area (Å²) in [6, 6.07) is 12.5. The highest BCUT2D eigenvalue weighted by Crippen LogP contribution is 2.19. The van der Waals surface area contributed by atoms with E-state index in [9.17, 15) is 14.0 Å². The van der Waals surface area contributed by atoms with Gasteiger partial charge in [0.25, 0.3) is 0 Å². The first-order valence-corrected chi connectivity index (χ1v) is 8.59. The fraction of sp³-hybridized carbons (Fsp3) is 0.118. The van der Waals surface area contributed by atoms with Crippen molar-refractivity contribution in [1.82, 2.24) is 20.2 Å². The highest BCUT2D eigenvalue weighted by atomic mass is 32.2. The molecule has 1 heterocycles. The molecule has 0 bridgehead atoms. The van der Waals surface area contributed by atoms with E-state index in [-0.39, 0.29) is 17.4 Å². The van der Waals surface area contributed by atoms with Crippen molar-refractivity contribution in [2.75, 3.05) is 11.1 Å². The number of thioether (sulfide) groups is 1. The summed E-state index contributed by atoms with van der Waals surface area (Å²) in [5, 5.41) is 14.4. The van der Waals surface area contributed by atoms with Crippen LogP contribution >= 0.6 is 11.8 Å². The summed E-state index contributed by atoms with van der Waals surface area (Å²) in [6.07, 6.45) is 0. The van der Waals surface area contributed by atoms with Crippen LogP contribution in [-0.4, -0.2) is 37.7 Å². The van der Waals surface area contributed by atoms with Gasteiger partial charge in [-0.25, -0.2) is 4.39 Å². The van der Waals surface area contributed by atoms with Gasteiger partial charge in [-0.3, -0.25) is 9.59 Å². The molecular weight excluding hydrogens is 357 g/mol. The molecule has 9 heteroatoms. The Hall–Kier alpha value is -3.07. The molecule has 0 spiro atoms. The predicted molar refractivity (Wildman–Crippen MR) is 94.9 cm³/mol. The van der Waals surface area contributed by atoms with Crippen LogP contribution in [0.25, 0.3) is 5.69 Å². The van der Waals surface area contributed by atoms with Gasteiger partial charge in [0.05, 0.1) is 11.4 Å². The van der Waals surface area contributed by atoms with E-state index in [2.05, 4.69) is 20.8 Å². The summed E-state index contributed by atoms with van der Waals surface area (Å²) in [5.41, 5.74) is 1.63. The number of rotatable bonds is 6. The lowest BCUT2D eigenvalue weighted by Crippen LogP contribution is -2.14. The second kappa shape index (κ2) is 7.87. The fourth-order valence-electron chi connectivity index (χ4n) is 2.15.